The van der Waals surface area contributed by atoms with Gasteiger partial charge in [0, 0.05) is 45.3 Å². The molecule has 1 atom stereocenters. The van der Waals surface area contributed by atoms with E-state index in [1.54, 1.807) is 6.92 Å². The normalized spacial score (nSPS) is 27.5. The van der Waals surface area contributed by atoms with Crippen molar-refractivity contribution in [3.05, 3.63) is 0 Å². The second kappa shape index (κ2) is 11.0. The molecule has 154 valence electrons. The summed E-state index contributed by atoms with van der Waals surface area (Å²) >= 11 is 0. The van der Waals surface area contributed by atoms with Crippen molar-refractivity contribution in [3.8, 4) is 0 Å². The van der Waals surface area contributed by atoms with E-state index >= 15 is 0 Å². The quantitative estimate of drug-likeness (QED) is 0.579. The zero-order valence-electron chi connectivity index (χ0n) is 17.0. The van der Waals surface area contributed by atoms with Gasteiger partial charge in [-0.05, 0) is 51.9 Å². The minimum Gasteiger partial charge on any atom is -0.377 e. The van der Waals surface area contributed by atoms with Crippen LogP contribution in [0.25, 0.3) is 0 Å². The van der Waals surface area contributed by atoms with Gasteiger partial charge in [0.2, 0.25) is 10.0 Å². The zero-order valence-corrected chi connectivity index (χ0v) is 17.8. The summed E-state index contributed by atoms with van der Waals surface area (Å²) in [5.74, 6) is 0.924. The van der Waals surface area contributed by atoms with Gasteiger partial charge in [0.25, 0.3) is 0 Å². The van der Waals surface area contributed by atoms with Crippen LogP contribution < -0.4 is 4.72 Å². The molecule has 26 heavy (non-hydrogen) atoms. The molecular formula is C19H39N3O3S. The molecule has 1 heterocycles. The Labute approximate surface area is 160 Å². The van der Waals surface area contributed by atoms with E-state index in [4.69, 9.17) is 4.74 Å². The molecule has 0 amide bonds. The van der Waals surface area contributed by atoms with E-state index in [2.05, 4.69) is 28.4 Å². The van der Waals surface area contributed by atoms with E-state index in [-0.39, 0.29) is 5.75 Å². The Kier molecular flexibility index (Phi) is 9.30. The van der Waals surface area contributed by atoms with Crippen molar-refractivity contribution < 1.29 is 13.2 Å². The summed E-state index contributed by atoms with van der Waals surface area (Å²) in [6.45, 7) is 13.2. The van der Waals surface area contributed by atoms with Crippen LogP contribution in [0.15, 0.2) is 0 Å². The second-order valence-corrected chi connectivity index (χ2v) is 10.0. The Bertz CT molecular complexity index is 484. The molecule has 1 saturated heterocycles. The highest BCUT2D eigenvalue weighted by Gasteiger charge is 2.26. The van der Waals surface area contributed by atoms with Crippen LogP contribution in [0.2, 0.25) is 0 Å². The highest BCUT2D eigenvalue weighted by molar-refractivity contribution is 7.89. The Morgan fingerprint density at radius 1 is 1.08 bits per heavy atom. The van der Waals surface area contributed by atoms with Gasteiger partial charge < -0.3 is 9.64 Å². The smallest absolute Gasteiger partial charge is 0.211 e. The van der Waals surface area contributed by atoms with Crippen LogP contribution in [-0.4, -0.2) is 82.0 Å². The van der Waals surface area contributed by atoms with Crippen molar-refractivity contribution in [3.63, 3.8) is 0 Å². The van der Waals surface area contributed by atoms with Crippen molar-refractivity contribution in [2.45, 2.75) is 65.0 Å². The molecular weight excluding hydrogens is 350 g/mol. The first kappa shape index (κ1) is 22.1. The van der Waals surface area contributed by atoms with Crippen molar-refractivity contribution in [1.82, 2.24) is 14.5 Å². The zero-order chi connectivity index (χ0) is 19.0. The molecule has 0 bridgehead atoms. The summed E-state index contributed by atoms with van der Waals surface area (Å²) in [6, 6.07) is 0.714. The fourth-order valence-corrected chi connectivity index (χ4v) is 4.61. The number of sulfonamides is 1. The Balaban J connectivity index is 1.56. The molecule has 1 N–H and O–H groups in total. The molecule has 0 aromatic heterocycles. The molecule has 2 fully saturated rings. The molecule has 7 heteroatoms. The van der Waals surface area contributed by atoms with Crippen LogP contribution in [0.1, 0.15) is 52.9 Å². The minimum absolute atomic E-state index is 0.129. The summed E-state index contributed by atoms with van der Waals surface area (Å²) in [6.07, 6.45) is 6.23. The number of nitrogens with zero attached hydrogens (tertiary/aromatic N) is 2. The Morgan fingerprint density at radius 3 is 2.31 bits per heavy atom. The van der Waals surface area contributed by atoms with Crippen LogP contribution in [0, 0.1) is 5.92 Å². The fraction of sp³-hybridized carbons (Fsp3) is 1.00. The average Bonchev–Trinajstić information content (AvgIpc) is 2.66. The Morgan fingerprint density at radius 2 is 1.73 bits per heavy atom. The molecule has 0 radical (unpaired) electrons. The van der Waals surface area contributed by atoms with Gasteiger partial charge in [-0.25, -0.2) is 13.1 Å². The fourth-order valence-electron chi connectivity index (χ4n) is 4.02. The summed E-state index contributed by atoms with van der Waals surface area (Å²) in [5, 5.41) is 0. The van der Waals surface area contributed by atoms with Gasteiger partial charge >= 0.3 is 0 Å². The highest BCUT2D eigenvalue weighted by atomic mass is 32.2. The number of hydrogen-bond donors (Lipinski definition) is 1. The van der Waals surface area contributed by atoms with Gasteiger partial charge in [-0.3, -0.25) is 4.90 Å². The van der Waals surface area contributed by atoms with Crippen molar-refractivity contribution in [2.24, 2.45) is 5.92 Å². The Hall–Kier alpha value is -0.210. The molecule has 1 saturated carbocycles. The maximum atomic E-state index is 11.4. The van der Waals surface area contributed by atoms with E-state index in [9.17, 15) is 8.42 Å². The largest absolute Gasteiger partial charge is 0.377 e. The monoisotopic (exact) mass is 389 g/mol. The summed E-state index contributed by atoms with van der Waals surface area (Å²) < 4.78 is 31.2. The van der Waals surface area contributed by atoms with Crippen LogP contribution in [0.5, 0.6) is 0 Å². The minimum atomic E-state index is -3.10. The molecule has 6 nitrogen and oxygen atoms in total. The third kappa shape index (κ3) is 7.43. The van der Waals surface area contributed by atoms with Crippen LogP contribution in [0.4, 0.5) is 0 Å². The highest BCUT2D eigenvalue weighted by Crippen LogP contribution is 2.27. The first-order valence-electron chi connectivity index (χ1n) is 10.5. The molecule has 0 aromatic carbocycles. The van der Waals surface area contributed by atoms with Gasteiger partial charge in [-0.2, -0.15) is 0 Å². The standard InChI is InChI=1S/C19H39N3O3S/c1-4-17(3)22-13-11-21(12-14-22)16-18-6-8-19(9-7-18)25-15-10-20-26(23,24)5-2/h17-20H,4-16H2,1-3H3. The van der Waals surface area contributed by atoms with Gasteiger partial charge in [0.15, 0.2) is 0 Å². The average molecular weight is 390 g/mol. The van der Waals surface area contributed by atoms with Crippen LogP contribution >= 0.6 is 0 Å². The summed E-state index contributed by atoms with van der Waals surface area (Å²) in [5.41, 5.74) is 0. The predicted octanol–water partition coefficient (Wildman–Crippen LogP) is 1.92. The van der Waals surface area contributed by atoms with Gasteiger partial charge in [-0.15, -0.1) is 0 Å². The van der Waals surface area contributed by atoms with Gasteiger partial charge in [-0.1, -0.05) is 6.92 Å². The lowest BCUT2D eigenvalue weighted by Gasteiger charge is -2.40. The maximum Gasteiger partial charge on any atom is 0.211 e. The number of rotatable bonds is 10. The lowest BCUT2D eigenvalue weighted by atomic mass is 9.87. The number of hydrogen-bond acceptors (Lipinski definition) is 5. The number of nitrogens with one attached hydrogen (secondary N) is 1. The first-order valence-corrected chi connectivity index (χ1v) is 12.1. The topological polar surface area (TPSA) is 61.9 Å². The van der Waals surface area contributed by atoms with Crippen LogP contribution in [-0.2, 0) is 14.8 Å². The molecule has 0 aromatic rings. The van der Waals surface area contributed by atoms with E-state index in [1.807, 2.05) is 0 Å². The third-order valence-corrected chi connectivity index (χ3v) is 7.49. The van der Waals surface area contributed by atoms with Gasteiger partial charge in [0.05, 0.1) is 18.5 Å². The lowest BCUT2D eigenvalue weighted by molar-refractivity contribution is 0.0131. The van der Waals surface area contributed by atoms with Crippen molar-refractivity contribution >= 4 is 10.0 Å². The molecule has 2 rings (SSSR count). The molecule has 2 aliphatic rings. The molecule has 1 unspecified atom stereocenters. The third-order valence-electron chi connectivity index (χ3n) is 6.09. The van der Waals surface area contributed by atoms with Crippen LogP contribution in [0.3, 0.4) is 0 Å². The molecule has 1 aliphatic carbocycles. The first-order chi connectivity index (χ1) is 12.4. The lowest BCUT2D eigenvalue weighted by Crippen LogP contribution is -2.50. The predicted molar refractivity (Wildman–Crippen MR) is 107 cm³/mol. The van der Waals surface area contributed by atoms with E-state index in [0.717, 1.165) is 18.8 Å². The molecule has 0 spiro atoms. The van der Waals surface area contributed by atoms with E-state index in [1.165, 1.54) is 52.0 Å². The van der Waals surface area contributed by atoms with Crippen molar-refractivity contribution in [1.29, 1.82) is 0 Å². The summed E-state index contributed by atoms with van der Waals surface area (Å²) in [4.78, 5) is 5.26. The van der Waals surface area contributed by atoms with Gasteiger partial charge in [0.1, 0.15) is 0 Å². The molecule has 1 aliphatic heterocycles. The van der Waals surface area contributed by atoms with E-state index < -0.39 is 10.0 Å². The number of ether oxygens (including phenoxy) is 1. The summed E-state index contributed by atoms with van der Waals surface area (Å²) in [7, 11) is -3.10. The number of piperazine rings is 1. The van der Waals surface area contributed by atoms with E-state index in [0.29, 0.717) is 25.3 Å². The SMILES string of the molecule is CCC(C)N1CCN(CC2CCC(OCCNS(=O)(=O)CC)CC2)CC1. The second-order valence-electron chi connectivity index (χ2n) is 7.91. The van der Waals surface area contributed by atoms with Crippen molar-refractivity contribution in [2.75, 3.05) is 51.6 Å². The maximum absolute atomic E-state index is 11.4.